The minimum absolute atomic E-state index is 0.483. The van der Waals surface area contributed by atoms with E-state index in [0.29, 0.717) is 6.04 Å². The topological polar surface area (TPSA) is 47.7 Å². The Morgan fingerprint density at radius 1 is 1.29 bits per heavy atom. The summed E-state index contributed by atoms with van der Waals surface area (Å²) in [6, 6.07) is 0.483. The van der Waals surface area contributed by atoms with Crippen molar-refractivity contribution < 1.29 is 0 Å². The molecule has 0 spiro atoms. The van der Waals surface area contributed by atoms with Gasteiger partial charge in [0, 0.05) is 32.0 Å². The Balaban J connectivity index is 2.01. The van der Waals surface area contributed by atoms with Gasteiger partial charge in [-0.3, -0.25) is 9.36 Å². The van der Waals surface area contributed by atoms with Crippen LogP contribution < -0.4 is 5.32 Å². The lowest BCUT2D eigenvalue weighted by Gasteiger charge is -2.18. The van der Waals surface area contributed by atoms with Crippen molar-refractivity contribution in [3.63, 3.8) is 0 Å². The molecule has 5 heteroatoms. The molecule has 1 atom stereocenters. The fourth-order valence-corrected chi connectivity index (χ4v) is 2.87. The Kier molecular flexibility index (Phi) is 5.17. The summed E-state index contributed by atoms with van der Waals surface area (Å²) in [5.74, 6) is 0. The van der Waals surface area contributed by atoms with E-state index < -0.39 is 0 Å². The van der Waals surface area contributed by atoms with Crippen LogP contribution in [0, 0.1) is 13.8 Å². The number of nitrogens with one attached hydrogen (secondary N) is 1. The number of rotatable bonds is 7. The molecule has 2 heterocycles. The molecule has 0 aliphatic carbocycles. The van der Waals surface area contributed by atoms with E-state index in [1.807, 2.05) is 29.7 Å². The van der Waals surface area contributed by atoms with Crippen LogP contribution in [0.5, 0.6) is 0 Å². The second-order valence-corrected chi connectivity index (χ2v) is 5.79. The van der Waals surface area contributed by atoms with E-state index in [0.717, 1.165) is 31.5 Å². The number of aromatic nitrogens is 4. The van der Waals surface area contributed by atoms with E-state index in [9.17, 15) is 0 Å². The van der Waals surface area contributed by atoms with E-state index >= 15 is 0 Å². The molecular formula is C16H27N5. The molecule has 5 nitrogen and oxygen atoms in total. The summed E-state index contributed by atoms with van der Waals surface area (Å²) in [7, 11) is 3.98. The summed E-state index contributed by atoms with van der Waals surface area (Å²) < 4.78 is 3.85. The molecule has 0 amide bonds. The molecule has 21 heavy (non-hydrogen) atoms. The molecule has 0 bridgehead atoms. The molecule has 0 fully saturated rings. The molecule has 0 saturated carbocycles. The maximum Gasteiger partial charge on any atom is 0.0628 e. The van der Waals surface area contributed by atoms with Gasteiger partial charge in [-0.1, -0.05) is 6.92 Å². The summed E-state index contributed by atoms with van der Waals surface area (Å²) in [6.07, 6.45) is 7.28. The smallest absolute Gasteiger partial charge is 0.0628 e. The highest BCUT2D eigenvalue weighted by Gasteiger charge is 2.15. The average molecular weight is 289 g/mol. The van der Waals surface area contributed by atoms with E-state index in [2.05, 4.69) is 42.5 Å². The van der Waals surface area contributed by atoms with Crippen molar-refractivity contribution in [2.75, 3.05) is 6.54 Å². The van der Waals surface area contributed by atoms with Crippen LogP contribution in [0.3, 0.4) is 0 Å². The zero-order valence-corrected chi connectivity index (χ0v) is 13.8. The minimum Gasteiger partial charge on any atom is -0.314 e. The lowest BCUT2D eigenvalue weighted by atomic mass is 9.99. The molecule has 0 aliphatic heterocycles. The Hall–Kier alpha value is -1.62. The van der Waals surface area contributed by atoms with Crippen molar-refractivity contribution in [1.82, 2.24) is 24.9 Å². The van der Waals surface area contributed by atoms with Gasteiger partial charge in [-0.05, 0) is 50.8 Å². The summed E-state index contributed by atoms with van der Waals surface area (Å²) >= 11 is 0. The first-order valence-electron chi connectivity index (χ1n) is 7.71. The summed E-state index contributed by atoms with van der Waals surface area (Å²) in [5, 5.41) is 12.4. The Bertz CT molecular complexity index is 582. The van der Waals surface area contributed by atoms with Crippen molar-refractivity contribution >= 4 is 0 Å². The first-order chi connectivity index (χ1) is 10.0. The molecule has 2 aromatic rings. The lowest BCUT2D eigenvalue weighted by Crippen LogP contribution is -2.31. The predicted octanol–water partition coefficient (Wildman–Crippen LogP) is 1.92. The van der Waals surface area contributed by atoms with Crippen LogP contribution in [0.2, 0.25) is 0 Å². The maximum atomic E-state index is 4.52. The fraction of sp³-hybridized carbons (Fsp3) is 0.625. The number of hydrogen-bond donors (Lipinski definition) is 1. The molecule has 0 aliphatic rings. The first kappa shape index (κ1) is 15.8. The molecule has 0 saturated heterocycles. The lowest BCUT2D eigenvalue weighted by molar-refractivity contribution is 0.489. The van der Waals surface area contributed by atoms with Crippen LogP contribution in [0.25, 0.3) is 0 Å². The van der Waals surface area contributed by atoms with Crippen LogP contribution in [-0.2, 0) is 26.9 Å². The number of likely N-dealkylation sites (N-methyl/N-ethyl adjacent to an activating group) is 1. The zero-order chi connectivity index (χ0) is 15.4. The number of aryl methyl sites for hydroxylation is 4. The largest absolute Gasteiger partial charge is 0.314 e. The highest BCUT2D eigenvalue weighted by molar-refractivity contribution is 5.25. The van der Waals surface area contributed by atoms with Crippen LogP contribution in [0.1, 0.15) is 35.9 Å². The molecular weight excluding hydrogens is 262 g/mol. The zero-order valence-electron chi connectivity index (χ0n) is 13.8. The Morgan fingerprint density at radius 3 is 2.57 bits per heavy atom. The van der Waals surface area contributed by atoms with Crippen LogP contribution >= 0.6 is 0 Å². The summed E-state index contributed by atoms with van der Waals surface area (Å²) in [5.41, 5.74) is 5.12. The van der Waals surface area contributed by atoms with Crippen molar-refractivity contribution in [2.45, 2.75) is 46.1 Å². The minimum atomic E-state index is 0.483. The van der Waals surface area contributed by atoms with E-state index in [4.69, 9.17) is 0 Å². The van der Waals surface area contributed by atoms with Crippen molar-refractivity contribution in [3.8, 4) is 0 Å². The maximum absolute atomic E-state index is 4.52. The molecule has 2 rings (SSSR count). The third-order valence-corrected chi connectivity index (χ3v) is 4.14. The van der Waals surface area contributed by atoms with E-state index in [1.54, 1.807) is 0 Å². The van der Waals surface area contributed by atoms with Gasteiger partial charge in [0.2, 0.25) is 0 Å². The quantitative estimate of drug-likeness (QED) is 0.847. The van der Waals surface area contributed by atoms with Gasteiger partial charge in [-0.15, -0.1) is 0 Å². The standard InChI is InChI=1S/C16H27N5/c1-6-17-15(8-7-14-10-18-20(4)11-14)9-16-12(2)19-21(5)13(16)3/h10-11,15,17H,6-9H2,1-5H3. The van der Waals surface area contributed by atoms with Gasteiger partial charge in [-0.2, -0.15) is 10.2 Å². The predicted molar refractivity (Wildman–Crippen MR) is 85.4 cm³/mol. The molecule has 2 aromatic heterocycles. The fourth-order valence-electron chi connectivity index (χ4n) is 2.87. The monoisotopic (exact) mass is 289 g/mol. The van der Waals surface area contributed by atoms with Gasteiger partial charge in [0.15, 0.2) is 0 Å². The van der Waals surface area contributed by atoms with Gasteiger partial charge in [0.05, 0.1) is 11.9 Å². The van der Waals surface area contributed by atoms with Gasteiger partial charge in [-0.25, -0.2) is 0 Å². The van der Waals surface area contributed by atoms with E-state index in [-0.39, 0.29) is 0 Å². The van der Waals surface area contributed by atoms with Gasteiger partial charge < -0.3 is 5.32 Å². The molecule has 116 valence electrons. The number of hydrogen-bond acceptors (Lipinski definition) is 3. The molecule has 0 aromatic carbocycles. The van der Waals surface area contributed by atoms with Gasteiger partial charge >= 0.3 is 0 Å². The van der Waals surface area contributed by atoms with Gasteiger partial charge in [0.1, 0.15) is 0 Å². The third kappa shape index (κ3) is 3.94. The Morgan fingerprint density at radius 2 is 2.05 bits per heavy atom. The van der Waals surface area contributed by atoms with Crippen LogP contribution in [0.15, 0.2) is 12.4 Å². The molecule has 0 radical (unpaired) electrons. The summed E-state index contributed by atoms with van der Waals surface area (Å²) in [6.45, 7) is 7.42. The highest BCUT2D eigenvalue weighted by Crippen LogP contribution is 2.16. The summed E-state index contributed by atoms with van der Waals surface area (Å²) in [4.78, 5) is 0. The van der Waals surface area contributed by atoms with Crippen molar-refractivity contribution in [3.05, 3.63) is 34.9 Å². The van der Waals surface area contributed by atoms with E-state index in [1.165, 1.54) is 16.8 Å². The second kappa shape index (κ2) is 6.89. The van der Waals surface area contributed by atoms with Crippen LogP contribution in [-0.4, -0.2) is 32.1 Å². The average Bonchev–Trinajstić information content (AvgIpc) is 2.95. The normalized spacial score (nSPS) is 12.8. The number of nitrogens with zero attached hydrogens (tertiary/aromatic N) is 4. The van der Waals surface area contributed by atoms with Crippen molar-refractivity contribution in [1.29, 1.82) is 0 Å². The first-order valence-corrected chi connectivity index (χ1v) is 7.71. The SMILES string of the molecule is CCNC(CCc1cnn(C)c1)Cc1c(C)nn(C)c1C. The third-order valence-electron chi connectivity index (χ3n) is 4.14. The van der Waals surface area contributed by atoms with Crippen LogP contribution in [0.4, 0.5) is 0 Å². The molecule has 1 unspecified atom stereocenters. The van der Waals surface area contributed by atoms with Crippen molar-refractivity contribution in [2.24, 2.45) is 14.1 Å². The Labute approximate surface area is 127 Å². The molecule has 1 N–H and O–H groups in total. The van der Waals surface area contributed by atoms with Gasteiger partial charge in [0.25, 0.3) is 0 Å². The highest BCUT2D eigenvalue weighted by atomic mass is 15.3. The second-order valence-electron chi connectivity index (χ2n) is 5.79.